The maximum Gasteiger partial charge on any atom is 0.451 e. The fourth-order valence-corrected chi connectivity index (χ4v) is 0.884. The normalized spacial score (nSPS) is 11.7. The molecule has 0 atom stereocenters. The minimum atomic E-state index is -4.45. The maximum absolute atomic E-state index is 11.9. The van der Waals surface area contributed by atoms with E-state index in [2.05, 4.69) is 9.97 Å². The van der Waals surface area contributed by atoms with E-state index in [0.717, 1.165) is 12.4 Å². The highest BCUT2D eigenvalue weighted by Crippen LogP contribution is 2.26. The Morgan fingerprint density at radius 1 is 1.25 bits per heavy atom. The average molecular weight is 194 g/mol. The highest BCUT2D eigenvalue weighted by atomic mass is 32.2. The number of aromatic nitrogens is 2. The molecule has 1 aromatic heterocycles. The van der Waals surface area contributed by atoms with Gasteiger partial charge in [-0.15, -0.1) is 11.8 Å². The first kappa shape index (κ1) is 9.31. The first-order valence-corrected chi connectivity index (χ1v) is 4.20. The lowest BCUT2D eigenvalue weighted by atomic mass is 10.5. The van der Waals surface area contributed by atoms with Gasteiger partial charge in [0.25, 0.3) is 0 Å². The summed E-state index contributed by atoms with van der Waals surface area (Å²) in [5, 5.41) is 0. The lowest BCUT2D eigenvalue weighted by Crippen LogP contribution is -2.10. The molecule has 0 unspecified atom stereocenters. The molecule has 6 heteroatoms. The van der Waals surface area contributed by atoms with E-state index in [4.69, 9.17) is 0 Å². The Morgan fingerprint density at radius 2 is 1.75 bits per heavy atom. The van der Waals surface area contributed by atoms with Gasteiger partial charge in [-0.3, -0.25) is 0 Å². The smallest absolute Gasteiger partial charge is 0.232 e. The molecule has 0 aliphatic rings. The molecule has 0 saturated heterocycles. The lowest BCUT2D eigenvalue weighted by molar-refractivity contribution is -0.145. The fraction of sp³-hybridized carbons (Fsp3) is 0.333. The molecule has 0 spiro atoms. The summed E-state index contributed by atoms with van der Waals surface area (Å²) in [5.41, 5.74) is 0. The van der Waals surface area contributed by atoms with Crippen LogP contribution in [0, 0.1) is 0 Å². The Hall–Kier alpha value is -0.780. The predicted molar refractivity (Wildman–Crippen MR) is 38.8 cm³/mol. The van der Waals surface area contributed by atoms with Gasteiger partial charge in [0.1, 0.15) is 0 Å². The summed E-state index contributed by atoms with van der Waals surface area (Å²) in [7, 11) is 0. The van der Waals surface area contributed by atoms with Gasteiger partial charge in [-0.1, -0.05) is 0 Å². The first-order valence-electron chi connectivity index (χ1n) is 2.97. The van der Waals surface area contributed by atoms with Crippen molar-refractivity contribution >= 4 is 11.8 Å². The van der Waals surface area contributed by atoms with Gasteiger partial charge in [-0.2, -0.15) is 13.2 Å². The maximum atomic E-state index is 11.9. The molecule has 1 aromatic rings. The molecule has 66 valence electrons. The van der Waals surface area contributed by atoms with Gasteiger partial charge in [0.15, 0.2) is 0 Å². The zero-order valence-corrected chi connectivity index (χ0v) is 6.91. The van der Waals surface area contributed by atoms with Gasteiger partial charge in [0.05, 0.1) is 0 Å². The summed E-state index contributed by atoms with van der Waals surface area (Å²) >= 11 is 1.30. The quantitative estimate of drug-likeness (QED) is 0.641. The van der Waals surface area contributed by atoms with Crippen LogP contribution in [-0.4, -0.2) is 16.2 Å². The average Bonchev–Trinajstić information content (AvgIpc) is 2.03. The van der Waals surface area contributed by atoms with E-state index in [1.807, 2.05) is 0 Å². The zero-order chi connectivity index (χ0) is 9.19. The first-order chi connectivity index (χ1) is 5.54. The van der Waals surface area contributed by atoms with E-state index in [-0.39, 0.29) is 0 Å². The number of rotatable bonds is 1. The molecule has 1 rings (SSSR count). The highest BCUT2D eigenvalue weighted by molar-refractivity contribution is 7.98. The molecule has 0 amide bonds. The van der Waals surface area contributed by atoms with Crippen molar-refractivity contribution in [2.75, 3.05) is 6.26 Å². The second-order valence-electron chi connectivity index (χ2n) is 1.94. The van der Waals surface area contributed by atoms with Crippen LogP contribution in [0.2, 0.25) is 0 Å². The summed E-state index contributed by atoms with van der Waals surface area (Å²) < 4.78 is 35.7. The summed E-state index contributed by atoms with van der Waals surface area (Å²) in [4.78, 5) is 6.94. The van der Waals surface area contributed by atoms with Gasteiger partial charge in [-0.05, 0) is 6.26 Å². The van der Waals surface area contributed by atoms with Crippen LogP contribution in [0.15, 0.2) is 17.3 Å². The van der Waals surface area contributed by atoms with Crippen LogP contribution in [0.4, 0.5) is 13.2 Å². The Bertz CT molecular complexity index is 256. The van der Waals surface area contributed by atoms with Crippen molar-refractivity contribution in [1.29, 1.82) is 0 Å². The van der Waals surface area contributed by atoms with Gasteiger partial charge in [0.2, 0.25) is 5.82 Å². The lowest BCUT2D eigenvalue weighted by Gasteiger charge is -2.03. The van der Waals surface area contributed by atoms with Crippen LogP contribution in [0.3, 0.4) is 0 Å². The Labute approximate surface area is 71.2 Å². The Morgan fingerprint density at radius 3 is 2.08 bits per heavy atom. The monoisotopic (exact) mass is 194 g/mol. The van der Waals surface area contributed by atoms with Crippen LogP contribution < -0.4 is 0 Å². The molecule has 1 heterocycles. The van der Waals surface area contributed by atoms with Gasteiger partial charge in [0, 0.05) is 17.3 Å². The highest BCUT2D eigenvalue weighted by Gasteiger charge is 2.34. The predicted octanol–water partition coefficient (Wildman–Crippen LogP) is 2.22. The number of hydrogen-bond acceptors (Lipinski definition) is 3. The molecule has 0 aromatic carbocycles. The zero-order valence-electron chi connectivity index (χ0n) is 6.09. The van der Waals surface area contributed by atoms with Gasteiger partial charge >= 0.3 is 6.18 Å². The van der Waals surface area contributed by atoms with Crippen molar-refractivity contribution in [3.8, 4) is 0 Å². The summed E-state index contributed by atoms with van der Waals surface area (Å²) in [6.45, 7) is 0. The molecule has 0 bridgehead atoms. The van der Waals surface area contributed by atoms with Crippen molar-refractivity contribution in [2.45, 2.75) is 11.1 Å². The Balaban J connectivity index is 2.93. The second-order valence-corrected chi connectivity index (χ2v) is 2.82. The van der Waals surface area contributed by atoms with E-state index in [1.54, 1.807) is 6.26 Å². The molecular weight excluding hydrogens is 189 g/mol. The topological polar surface area (TPSA) is 25.8 Å². The minimum Gasteiger partial charge on any atom is -0.232 e. The molecular formula is C6H5F3N2S. The number of thioether (sulfide) groups is 1. The van der Waals surface area contributed by atoms with Crippen molar-refractivity contribution in [1.82, 2.24) is 9.97 Å². The molecule has 0 saturated carbocycles. The van der Waals surface area contributed by atoms with Gasteiger partial charge in [-0.25, -0.2) is 9.97 Å². The van der Waals surface area contributed by atoms with Crippen molar-refractivity contribution in [3.05, 3.63) is 18.2 Å². The number of nitrogens with zero attached hydrogens (tertiary/aromatic N) is 2. The molecule has 12 heavy (non-hydrogen) atoms. The third kappa shape index (κ3) is 2.10. The van der Waals surface area contributed by atoms with Crippen molar-refractivity contribution in [2.24, 2.45) is 0 Å². The summed E-state index contributed by atoms with van der Waals surface area (Å²) in [6.07, 6.45) is -0.399. The fourth-order valence-electron chi connectivity index (χ4n) is 0.568. The van der Waals surface area contributed by atoms with E-state index in [9.17, 15) is 13.2 Å². The van der Waals surface area contributed by atoms with Crippen LogP contribution in [0.25, 0.3) is 0 Å². The summed E-state index contributed by atoms with van der Waals surface area (Å²) in [5.74, 6) is -1.10. The van der Waals surface area contributed by atoms with Crippen molar-refractivity contribution in [3.63, 3.8) is 0 Å². The van der Waals surface area contributed by atoms with E-state index < -0.39 is 12.0 Å². The largest absolute Gasteiger partial charge is 0.451 e. The standard InChI is InChI=1S/C6H5F3N2S/c1-12-4-2-10-5(11-3-4)6(7,8)9/h2-3H,1H3. The van der Waals surface area contributed by atoms with Crippen LogP contribution in [-0.2, 0) is 6.18 Å². The second kappa shape index (κ2) is 3.30. The molecule has 0 radical (unpaired) electrons. The minimum absolute atomic E-state index is 0.614. The Kier molecular flexibility index (Phi) is 2.56. The summed E-state index contributed by atoms with van der Waals surface area (Å²) in [6, 6.07) is 0. The van der Waals surface area contributed by atoms with Crippen molar-refractivity contribution < 1.29 is 13.2 Å². The van der Waals surface area contributed by atoms with Crippen LogP contribution in [0.5, 0.6) is 0 Å². The van der Waals surface area contributed by atoms with Crippen LogP contribution >= 0.6 is 11.8 Å². The van der Waals surface area contributed by atoms with Gasteiger partial charge < -0.3 is 0 Å². The SMILES string of the molecule is CSc1cnc(C(F)(F)F)nc1. The third-order valence-electron chi connectivity index (χ3n) is 1.12. The molecule has 0 fully saturated rings. The van der Waals surface area contributed by atoms with Crippen LogP contribution in [0.1, 0.15) is 5.82 Å². The van der Waals surface area contributed by atoms with E-state index >= 15 is 0 Å². The molecule has 0 aliphatic heterocycles. The van der Waals surface area contributed by atoms with E-state index in [1.165, 1.54) is 11.8 Å². The number of halogens is 3. The van der Waals surface area contributed by atoms with E-state index in [0.29, 0.717) is 4.90 Å². The molecule has 0 N–H and O–H groups in total. The third-order valence-corrected chi connectivity index (χ3v) is 1.80. The number of alkyl halides is 3. The molecule has 2 nitrogen and oxygen atoms in total. The number of hydrogen-bond donors (Lipinski definition) is 0. The molecule has 0 aliphatic carbocycles.